The van der Waals surface area contributed by atoms with Crippen molar-refractivity contribution in [1.82, 2.24) is 10.2 Å². The van der Waals surface area contributed by atoms with E-state index in [2.05, 4.69) is 28.5 Å². The lowest BCUT2D eigenvalue weighted by atomic mass is 10.1. The molecule has 0 radical (unpaired) electrons. The highest BCUT2D eigenvalue weighted by molar-refractivity contribution is 6.02. The number of nitrogens with one attached hydrogen (secondary N) is 2. The van der Waals surface area contributed by atoms with Gasteiger partial charge in [-0.25, -0.2) is 0 Å². The van der Waals surface area contributed by atoms with E-state index in [0.717, 1.165) is 17.8 Å². The van der Waals surface area contributed by atoms with E-state index in [1.54, 1.807) is 0 Å². The SMILES string of the molecule is CCc1cccc(NC(=O)c2cc(C3CC3)[nH]n2)c1. The first kappa shape index (κ1) is 12.0. The first-order chi connectivity index (χ1) is 9.26. The van der Waals surface area contributed by atoms with Gasteiger partial charge >= 0.3 is 0 Å². The van der Waals surface area contributed by atoms with Gasteiger partial charge in [-0.15, -0.1) is 0 Å². The fourth-order valence-corrected chi connectivity index (χ4v) is 2.12. The van der Waals surface area contributed by atoms with Crippen LogP contribution in [-0.2, 0) is 6.42 Å². The minimum atomic E-state index is -0.156. The normalized spacial score (nSPS) is 14.4. The van der Waals surface area contributed by atoms with Crippen LogP contribution in [-0.4, -0.2) is 16.1 Å². The molecule has 0 spiro atoms. The van der Waals surface area contributed by atoms with E-state index < -0.39 is 0 Å². The van der Waals surface area contributed by atoms with E-state index in [-0.39, 0.29) is 5.91 Å². The number of benzene rings is 1. The molecule has 1 aromatic carbocycles. The minimum absolute atomic E-state index is 0.156. The zero-order valence-electron chi connectivity index (χ0n) is 10.9. The number of carbonyl (C=O) groups is 1. The van der Waals surface area contributed by atoms with E-state index in [1.807, 2.05) is 24.3 Å². The highest BCUT2D eigenvalue weighted by Crippen LogP contribution is 2.39. The van der Waals surface area contributed by atoms with Crippen molar-refractivity contribution in [2.24, 2.45) is 0 Å². The van der Waals surface area contributed by atoms with Crippen LogP contribution in [0.3, 0.4) is 0 Å². The number of H-pyrrole nitrogens is 1. The third-order valence-corrected chi connectivity index (χ3v) is 3.44. The van der Waals surface area contributed by atoms with Crippen LogP contribution in [0.5, 0.6) is 0 Å². The zero-order chi connectivity index (χ0) is 13.2. The summed E-state index contributed by atoms with van der Waals surface area (Å²) >= 11 is 0. The average molecular weight is 255 g/mol. The van der Waals surface area contributed by atoms with Gasteiger partial charge in [0.1, 0.15) is 0 Å². The van der Waals surface area contributed by atoms with E-state index in [4.69, 9.17) is 0 Å². The second-order valence-electron chi connectivity index (χ2n) is 4.99. The molecule has 0 saturated heterocycles. The van der Waals surface area contributed by atoms with Crippen LogP contribution < -0.4 is 5.32 Å². The Hall–Kier alpha value is -2.10. The fourth-order valence-electron chi connectivity index (χ4n) is 2.12. The molecule has 4 heteroatoms. The zero-order valence-corrected chi connectivity index (χ0v) is 10.9. The Kier molecular flexibility index (Phi) is 3.07. The number of hydrogen-bond acceptors (Lipinski definition) is 2. The third kappa shape index (κ3) is 2.67. The van der Waals surface area contributed by atoms with Crippen LogP contribution in [0.25, 0.3) is 0 Å². The van der Waals surface area contributed by atoms with Crippen LogP contribution >= 0.6 is 0 Å². The first-order valence-corrected chi connectivity index (χ1v) is 6.72. The van der Waals surface area contributed by atoms with Crippen LogP contribution in [0.15, 0.2) is 30.3 Å². The van der Waals surface area contributed by atoms with Crippen molar-refractivity contribution in [2.75, 3.05) is 5.32 Å². The molecular formula is C15H17N3O. The molecule has 0 aliphatic heterocycles. The van der Waals surface area contributed by atoms with Gasteiger partial charge in [-0.05, 0) is 43.0 Å². The molecule has 1 saturated carbocycles. The van der Waals surface area contributed by atoms with Crippen LogP contribution in [0, 0.1) is 0 Å². The van der Waals surface area contributed by atoms with Crippen molar-refractivity contribution in [2.45, 2.75) is 32.1 Å². The van der Waals surface area contributed by atoms with Gasteiger partial charge in [0.25, 0.3) is 5.91 Å². The van der Waals surface area contributed by atoms with Crippen molar-refractivity contribution in [1.29, 1.82) is 0 Å². The number of aryl methyl sites for hydroxylation is 1. The van der Waals surface area contributed by atoms with E-state index >= 15 is 0 Å². The number of aromatic nitrogens is 2. The van der Waals surface area contributed by atoms with Gasteiger partial charge in [-0.2, -0.15) is 5.10 Å². The van der Waals surface area contributed by atoms with Gasteiger partial charge in [-0.3, -0.25) is 9.89 Å². The van der Waals surface area contributed by atoms with Crippen LogP contribution in [0.1, 0.15) is 47.4 Å². The topological polar surface area (TPSA) is 57.8 Å². The lowest BCUT2D eigenvalue weighted by molar-refractivity contribution is 0.102. The van der Waals surface area contributed by atoms with Crippen molar-refractivity contribution < 1.29 is 4.79 Å². The average Bonchev–Trinajstić information content (AvgIpc) is 3.16. The smallest absolute Gasteiger partial charge is 0.276 e. The van der Waals surface area contributed by atoms with Gasteiger partial charge < -0.3 is 5.32 Å². The molecule has 0 bridgehead atoms. The lowest BCUT2D eigenvalue weighted by Crippen LogP contribution is -2.12. The van der Waals surface area contributed by atoms with Gasteiger partial charge in [0.05, 0.1) is 0 Å². The summed E-state index contributed by atoms with van der Waals surface area (Å²) in [5, 5.41) is 9.91. The molecule has 1 aromatic heterocycles. The molecule has 0 atom stereocenters. The third-order valence-electron chi connectivity index (χ3n) is 3.44. The second kappa shape index (κ2) is 4.88. The van der Waals surface area contributed by atoms with Crippen molar-refractivity contribution in [3.05, 3.63) is 47.3 Å². The van der Waals surface area contributed by atoms with Crippen molar-refractivity contribution in [3.8, 4) is 0 Å². The number of amides is 1. The number of rotatable bonds is 4. The molecule has 1 aliphatic rings. The number of carbonyl (C=O) groups excluding carboxylic acids is 1. The van der Waals surface area contributed by atoms with Gasteiger partial charge in [-0.1, -0.05) is 19.1 Å². The summed E-state index contributed by atoms with van der Waals surface area (Å²) in [7, 11) is 0. The summed E-state index contributed by atoms with van der Waals surface area (Å²) in [6, 6.07) is 9.75. The largest absolute Gasteiger partial charge is 0.321 e. The lowest BCUT2D eigenvalue weighted by Gasteiger charge is -2.04. The molecular weight excluding hydrogens is 238 g/mol. The Bertz CT molecular complexity index is 599. The monoisotopic (exact) mass is 255 g/mol. The molecule has 0 unspecified atom stereocenters. The molecule has 2 aromatic rings. The van der Waals surface area contributed by atoms with E-state index in [9.17, 15) is 4.79 Å². The maximum Gasteiger partial charge on any atom is 0.276 e. The Balaban J connectivity index is 1.72. The highest BCUT2D eigenvalue weighted by atomic mass is 16.1. The molecule has 1 amide bonds. The van der Waals surface area contributed by atoms with Crippen molar-refractivity contribution in [3.63, 3.8) is 0 Å². The molecule has 4 nitrogen and oxygen atoms in total. The molecule has 1 aliphatic carbocycles. The van der Waals surface area contributed by atoms with Gasteiger partial charge in [0.2, 0.25) is 0 Å². The maximum atomic E-state index is 12.1. The number of hydrogen-bond donors (Lipinski definition) is 2. The Morgan fingerprint density at radius 2 is 2.26 bits per heavy atom. The second-order valence-corrected chi connectivity index (χ2v) is 4.99. The fraction of sp³-hybridized carbons (Fsp3) is 0.333. The number of aromatic amines is 1. The van der Waals surface area contributed by atoms with E-state index in [1.165, 1.54) is 18.4 Å². The molecule has 1 heterocycles. The summed E-state index contributed by atoms with van der Waals surface area (Å²) in [5.74, 6) is 0.425. The van der Waals surface area contributed by atoms with Gasteiger partial charge in [0, 0.05) is 17.3 Å². The quantitative estimate of drug-likeness (QED) is 0.882. The Morgan fingerprint density at radius 1 is 1.42 bits per heavy atom. The predicted molar refractivity (Wildman–Crippen MR) is 74.3 cm³/mol. The van der Waals surface area contributed by atoms with Gasteiger partial charge in [0.15, 0.2) is 5.69 Å². The number of anilines is 1. The molecule has 3 rings (SSSR count). The molecule has 98 valence electrons. The first-order valence-electron chi connectivity index (χ1n) is 6.72. The van der Waals surface area contributed by atoms with Crippen molar-refractivity contribution >= 4 is 11.6 Å². The summed E-state index contributed by atoms with van der Waals surface area (Å²) in [4.78, 5) is 12.1. The summed E-state index contributed by atoms with van der Waals surface area (Å²) in [6.45, 7) is 2.09. The maximum absolute atomic E-state index is 12.1. The van der Waals surface area contributed by atoms with Crippen LogP contribution in [0.4, 0.5) is 5.69 Å². The summed E-state index contributed by atoms with van der Waals surface area (Å²) in [6.07, 6.45) is 3.35. The minimum Gasteiger partial charge on any atom is -0.321 e. The Labute approximate surface area is 112 Å². The van der Waals surface area contributed by atoms with E-state index in [0.29, 0.717) is 11.6 Å². The number of nitrogens with zero attached hydrogens (tertiary/aromatic N) is 1. The molecule has 19 heavy (non-hydrogen) atoms. The summed E-state index contributed by atoms with van der Waals surface area (Å²) in [5.41, 5.74) is 3.56. The summed E-state index contributed by atoms with van der Waals surface area (Å²) < 4.78 is 0. The Morgan fingerprint density at radius 3 is 3.00 bits per heavy atom. The predicted octanol–water partition coefficient (Wildman–Crippen LogP) is 3.10. The molecule has 1 fully saturated rings. The highest BCUT2D eigenvalue weighted by Gasteiger charge is 2.26. The molecule has 2 N–H and O–H groups in total. The standard InChI is InChI=1S/C15H17N3O/c1-2-10-4-3-5-12(8-10)16-15(19)14-9-13(17-18-14)11-6-7-11/h3-5,8-9,11H,2,6-7H2,1H3,(H,16,19)(H,17,18). The van der Waals surface area contributed by atoms with Crippen LogP contribution in [0.2, 0.25) is 0 Å².